The van der Waals surface area contributed by atoms with Gasteiger partial charge in [-0.2, -0.15) is 0 Å². The van der Waals surface area contributed by atoms with E-state index in [1.165, 1.54) is 133 Å². The summed E-state index contributed by atoms with van der Waals surface area (Å²) >= 11 is 7.63. The van der Waals surface area contributed by atoms with Crippen molar-refractivity contribution in [2.45, 2.75) is 90.5 Å². The minimum atomic E-state index is 0.160. The lowest BCUT2D eigenvalue weighted by atomic mass is 9.33. The van der Waals surface area contributed by atoms with E-state index in [0.29, 0.717) is 0 Å². The minimum Gasteiger partial charge on any atom is -0.457 e. The molecule has 13 rings (SSSR count). The maximum atomic E-state index is 6.73. The first kappa shape index (κ1) is 34.5. The van der Waals surface area contributed by atoms with E-state index in [2.05, 4.69) is 121 Å². The van der Waals surface area contributed by atoms with Gasteiger partial charge in [-0.25, -0.2) is 0 Å². The van der Waals surface area contributed by atoms with Crippen LogP contribution in [0.1, 0.15) is 47.9 Å². The van der Waals surface area contributed by atoms with E-state index in [-0.39, 0.29) is 13.4 Å². The van der Waals surface area contributed by atoms with Crippen LogP contribution >= 0.6 is 47.0 Å². The van der Waals surface area contributed by atoms with Gasteiger partial charge < -0.3 is 9.47 Å². The second kappa shape index (κ2) is 13.6. The van der Waals surface area contributed by atoms with Crippen molar-refractivity contribution >= 4 is 93.2 Å². The largest absolute Gasteiger partial charge is 0.457 e. The van der Waals surface area contributed by atoms with Gasteiger partial charge in [0, 0.05) is 39.2 Å². The predicted molar refractivity (Wildman–Crippen MR) is 244 cm³/mol. The van der Waals surface area contributed by atoms with Crippen molar-refractivity contribution in [2.75, 3.05) is 0 Å². The first-order valence-corrected chi connectivity index (χ1v) is 24.0. The van der Waals surface area contributed by atoms with Crippen LogP contribution in [-0.4, -0.2) is 13.4 Å². The zero-order valence-electron chi connectivity index (χ0n) is 31.8. The van der Waals surface area contributed by atoms with E-state index in [1.807, 2.05) is 47.0 Å². The zero-order chi connectivity index (χ0) is 37.9. The van der Waals surface area contributed by atoms with Crippen molar-refractivity contribution in [3.63, 3.8) is 0 Å². The van der Waals surface area contributed by atoms with Gasteiger partial charge in [-0.3, -0.25) is 0 Å². The number of rotatable bonds is 4. The van der Waals surface area contributed by atoms with Gasteiger partial charge in [-0.05, 0) is 151 Å². The van der Waals surface area contributed by atoms with Crippen LogP contribution in [0.4, 0.5) is 0 Å². The van der Waals surface area contributed by atoms with Crippen molar-refractivity contribution in [3.8, 4) is 23.0 Å². The molecule has 0 atom stereocenters. The molecule has 0 bridgehead atoms. The van der Waals surface area contributed by atoms with Crippen LogP contribution in [-0.2, 0) is 25.7 Å². The third kappa shape index (κ3) is 5.62. The second-order valence-corrected chi connectivity index (χ2v) is 20.8. The maximum Gasteiger partial charge on any atom is 0.247 e. The third-order valence-corrected chi connectivity index (χ3v) is 17.5. The molecule has 58 heavy (non-hydrogen) atoms. The highest BCUT2D eigenvalue weighted by Gasteiger charge is 2.43. The molecule has 4 aliphatic heterocycles. The Balaban J connectivity index is 0.926. The molecule has 2 aliphatic carbocycles. The Morgan fingerprint density at radius 3 is 1.21 bits per heavy atom. The summed E-state index contributed by atoms with van der Waals surface area (Å²) in [7, 11) is 0. The fourth-order valence-corrected chi connectivity index (χ4v) is 15.3. The maximum absolute atomic E-state index is 6.73. The predicted octanol–water partition coefficient (Wildman–Crippen LogP) is 9.92. The molecule has 0 spiro atoms. The molecule has 6 aliphatic rings. The Morgan fingerprint density at radius 1 is 0.328 bits per heavy atom. The summed E-state index contributed by atoms with van der Waals surface area (Å²) in [5.74, 6) is 3.72. The van der Waals surface area contributed by atoms with Crippen molar-refractivity contribution in [1.82, 2.24) is 0 Å². The Kier molecular flexibility index (Phi) is 8.10. The molecule has 7 aromatic carbocycles. The molecule has 0 amide bonds. The van der Waals surface area contributed by atoms with Crippen molar-refractivity contribution in [3.05, 3.63) is 144 Å². The second-order valence-electron chi connectivity index (χ2n) is 16.4. The van der Waals surface area contributed by atoms with E-state index in [0.717, 1.165) is 35.8 Å². The van der Waals surface area contributed by atoms with E-state index in [9.17, 15) is 0 Å². The summed E-state index contributed by atoms with van der Waals surface area (Å²) in [4.78, 5) is 10.6. The minimum absolute atomic E-state index is 0.160. The molecule has 8 heteroatoms. The molecule has 0 N–H and O–H groups in total. The van der Waals surface area contributed by atoms with E-state index in [4.69, 9.17) is 9.47 Å². The molecule has 4 heterocycles. The smallest absolute Gasteiger partial charge is 0.247 e. The molecular weight excluding hydrogens is 782 g/mol. The Labute approximate surface area is 357 Å². The fourth-order valence-electron chi connectivity index (χ4n) is 10.3. The van der Waals surface area contributed by atoms with Crippen molar-refractivity contribution in [2.24, 2.45) is 0 Å². The van der Waals surface area contributed by atoms with Crippen LogP contribution in [0.15, 0.2) is 160 Å². The first-order valence-electron chi connectivity index (χ1n) is 20.7. The van der Waals surface area contributed by atoms with Crippen LogP contribution in [0, 0.1) is 0 Å². The highest BCUT2D eigenvalue weighted by molar-refractivity contribution is 8.02. The normalized spacial score (nSPS) is 16.1. The highest BCUT2D eigenvalue weighted by Crippen LogP contribution is 2.46. The van der Waals surface area contributed by atoms with Crippen LogP contribution in [0.5, 0.6) is 23.0 Å². The molecular formula is C50H36B2O2S4. The lowest BCUT2D eigenvalue weighted by Crippen LogP contribution is -2.62. The SMILES string of the molecule is c1ccc2c(c1)Sc1cc(Oc3ccc4c(c3)CCCC4)cc3c1B2c1cc2c(cc1S3)Sc1cc(Oc3ccc4c(c3)CCCC4)cc3c1B2c1ccccc1S3. The average Bonchev–Trinajstić information content (AvgIpc) is 3.25. The summed E-state index contributed by atoms with van der Waals surface area (Å²) in [6.07, 6.45) is 9.74. The molecule has 0 saturated carbocycles. The summed E-state index contributed by atoms with van der Waals surface area (Å²) < 4.78 is 13.5. The van der Waals surface area contributed by atoms with E-state index < -0.39 is 0 Å². The van der Waals surface area contributed by atoms with Gasteiger partial charge in [0.1, 0.15) is 23.0 Å². The number of aryl methyl sites for hydroxylation is 4. The average molecular weight is 819 g/mol. The molecule has 0 saturated heterocycles. The quantitative estimate of drug-likeness (QED) is 0.164. The Morgan fingerprint density at radius 2 is 0.741 bits per heavy atom. The summed E-state index contributed by atoms with van der Waals surface area (Å²) in [5.41, 5.74) is 14.3. The molecule has 0 aromatic heterocycles. The monoisotopic (exact) mass is 818 g/mol. The van der Waals surface area contributed by atoms with Crippen LogP contribution in [0.3, 0.4) is 0 Å². The zero-order valence-corrected chi connectivity index (χ0v) is 35.1. The molecule has 278 valence electrons. The fraction of sp³-hybridized carbons (Fsp3) is 0.160. The number of ether oxygens (including phenoxy) is 2. The number of hydrogen-bond donors (Lipinski definition) is 0. The van der Waals surface area contributed by atoms with Gasteiger partial charge in [0.05, 0.1) is 0 Å². The lowest BCUT2D eigenvalue weighted by molar-refractivity contribution is 0.478. The van der Waals surface area contributed by atoms with Crippen molar-refractivity contribution < 1.29 is 9.47 Å². The van der Waals surface area contributed by atoms with E-state index in [1.54, 1.807) is 0 Å². The van der Waals surface area contributed by atoms with Crippen LogP contribution in [0.2, 0.25) is 0 Å². The molecule has 7 aromatic rings. The topological polar surface area (TPSA) is 18.5 Å². The molecule has 0 fully saturated rings. The van der Waals surface area contributed by atoms with Crippen LogP contribution in [0.25, 0.3) is 0 Å². The molecule has 2 nitrogen and oxygen atoms in total. The van der Waals surface area contributed by atoms with Gasteiger partial charge >= 0.3 is 0 Å². The molecule has 0 radical (unpaired) electrons. The summed E-state index contributed by atoms with van der Waals surface area (Å²) in [6, 6.07) is 45.9. The van der Waals surface area contributed by atoms with Gasteiger partial charge in [0.15, 0.2) is 0 Å². The third-order valence-electron chi connectivity index (χ3n) is 12.9. The number of benzene rings is 7. The Bertz CT molecular complexity index is 2720. The number of fused-ring (bicyclic) bond motifs is 10. The Hall–Kier alpha value is -4.33. The molecule has 0 unspecified atom stereocenters. The van der Waals surface area contributed by atoms with Gasteiger partial charge in [-0.1, -0.05) is 123 Å². The lowest BCUT2D eigenvalue weighted by Gasteiger charge is -2.37. The highest BCUT2D eigenvalue weighted by atomic mass is 32.2. The standard InChI is InChI=1S/C50H36B2O2S4/c1-3-11-31-21-33(19-17-29(31)9-1)53-35-23-45-49-47(25-35)57-43-28-44-40(27-39(43)51(49)37-13-5-7-15-41(37)55-45)52-38-14-6-8-16-42(38)56-46-24-36(26-48(58-44)50(46)52)54-34-20-18-30-10-2-4-12-32(30)22-34/h5-8,13-28H,1-4,9-12H2. The van der Waals surface area contributed by atoms with Crippen LogP contribution < -0.4 is 42.3 Å². The van der Waals surface area contributed by atoms with Gasteiger partial charge in [-0.15, -0.1) is 0 Å². The van der Waals surface area contributed by atoms with Crippen molar-refractivity contribution in [1.29, 1.82) is 0 Å². The summed E-state index contributed by atoms with van der Waals surface area (Å²) in [5, 5.41) is 0. The number of hydrogen-bond acceptors (Lipinski definition) is 6. The first-order chi connectivity index (χ1) is 28.7. The van der Waals surface area contributed by atoms with Gasteiger partial charge in [0.2, 0.25) is 13.4 Å². The summed E-state index contributed by atoms with van der Waals surface area (Å²) in [6.45, 7) is 0.321. The van der Waals surface area contributed by atoms with Gasteiger partial charge in [0.25, 0.3) is 0 Å². The van der Waals surface area contributed by atoms with E-state index >= 15 is 0 Å².